The highest BCUT2D eigenvalue weighted by Crippen LogP contribution is 2.21. The number of carboxylic acids is 1. The van der Waals surface area contributed by atoms with Crippen LogP contribution in [0.15, 0.2) is 36.4 Å². The van der Waals surface area contributed by atoms with Crippen LogP contribution in [0.3, 0.4) is 0 Å². The van der Waals surface area contributed by atoms with Crippen LogP contribution >= 0.6 is 0 Å². The topological polar surface area (TPSA) is 84.9 Å². The number of hydrogen-bond donors (Lipinski definition) is 2. The van der Waals surface area contributed by atoms with E-state index in [-0.39, 0.29) is 17.9 Å². The van der Waals surface area contributed by atoms with E-state index in [9.17, 15) is 9.59 Å². The van der Waals surface area contributed by atoms with Gasteiger partial charge in [0.1, 0.15) is 11.5 Å². The van der Waals surface area contributed by atoms with Crippen LogP contribution in [-0.4, -0.2) is 37.7 Å². The molecule has 2 aromatic rings. The van der Waals surface area contributed by atoms with Gasteiger partial charge in [0.15, 0.2) is 0 Å². The summed E-state index contributed by atoms with van der Waals surface area (Å²) >= 11 is 0. The second kappa shape index (κ2) is 8.89. The number of benzene rings is 2. The van der Waals surface area contributed by atoms with E-state index in [0.717, 1.165) is 22.4 Å². The SMILES string of the molecule is COc1cc(CC(=O)NCCc2ccc(C(=O)O)cc2OC)ccc1C. The molecule has 2 rings (SSSR count). The van der Waals surface area contributed by atoms with E-state index in [4.69, 9.17) is 14.6 Å². The van der Waals surface area contributed by atoms with Crippen molar-refractivity contribution in [3.05, 3.63) is 58.7 Å². The maximum Gasteiger partial charge on any atom is 0.335 e. The van der Waals surface area contributed by atoms with Gasteiger partial charge in [-0.2, -0.15) is 0 Å². The molecule has 0 saturated carbocycles. The lowest BCUT2D eigenvalue weighted by atomic mass is 10.1. The van der Waals surface area contributed by atoms with E-state index in [1.165, 1.54) is 19.2 Å². The lowest BCUT2D eigenvalue weighted by Gasteiger charge is -2.11. The van der Waals surface area contributed by atoms with Gasteiger partial charge in [-0.3, -0.25) is 4.79 Å². The molecule has 0 aromatic heterocycles. The van der Waals surface area contributed by atoms with E-state index >= 15 is 0 Å². The molecular formula is C20H23NO5. The first-order valence-corrected chi connectivity index (χ1v) is 8.25. The Bertz CT molecular complexity index is 801. The second-order valence-electron chi connectivity index (χ2n) is 5.91. The number of carbonyl (C=O) groups excluding carboxylic acids is 1. The fourth-order valence-corrected chi connectivity index (χ4v) is 2.64. The molecule has 0 atom stereocenters. The van der Waals surface area contributed by atoms with Crippen LogP contribution in [0.5, 0.6) is 11.5 Å². The van der Waals surface area contributed by atoms with Crippen molar-refractivity contribution < 1.29 is 24.2 Å². The molecule has 0 saturated heterocycles. The minimum absolute atomic E-state index is 0.0861. The largest absolute Gasteiger partial charge is 0.496 e. The van der Waals surface area contributed by atoms with Crippen LogP contribution in [0.25, 0.3) is 0 Å². The van der Waals surface area contributed by atoms with Crippen molar-refractivity contribution in [3.63, 3.8) is 0 Å². The molecule has 0 bridgehead atoms. The molecule has 0 heterocycles. The van der Waals surface area contributed by atoms with Gasteiger partial charge < -0.3 is 19.9 Å². The number of hydrogen-bond acceptors (Lipinski definition) is 4. The van der Waals surface area contributed by atoms with E-state index in [2.05, 4.69) is 5.32 Å². The molecule has 0 aliphatic rings. The summed E-state index contributed by atoms with van der Waals surface area (Å²) in [6.07, 6.45) is 0.817. The molecule has 0 radical (unpaired) electrons. The average molecular weight is 357 g/mol. The van der Waals surface area contributed by atoms with Gasteiger partial charge in [0.05, 0.1) is 26.2 Å². The fraction of sp³-hybridized carbons (Fsp3) is 0.300. The molecule has 0 fully saturated rings. The highest BCUT2D eigenvalue weighted by atomic mass is 16.5. The van der Waals surface area contributed by atoms with E-state index in [1.807, 2.05) is 25.1 Å². The Morgan fingerprint density at radius 3 is 2.42 bits per heavy atom. The van der Waals surface area contributed by atoms with Crippen molar-refractivity contribution in [1.29, 1.82) is 0 Å². The van der Waals surface area contributed by atoms with Crippen LogP contribution < -0.4 is 14.8 Å². The highest BCUT2D eigenvalue weighted by molar-refractivity contribution is 5.88. The van der Waals surface area contributed by atoms with Crippen molar-refractivity contribution in [3.8, 4) is 11.5 Å². The van der Waals surface area contributed by atoms with Crippen molar-refractivity contribution in [1.82, 2.24) is 5.32 Å². The lowest BCUT2D eigenvalue weighted by Crippen LogP contribution is -2.27. The van der Waals surface area contributed by atoms with Crippen molar-refractivity contribution in [2.75, 3.05) is 20.8 Å². The van der Waals surface area contributed by atoms with Crippen LogP contribution in [0.1, 0.15) is 27.0 Å². The van der Waals surface area contributed by atoms with Gasteiger partial charge in [0, 0.05) is 6.54 Å². The third-order valence-corrected chi connectivity index (χ3v) is 4.09. The zero-order valence-electron chi connectivity index (χ0n) is 15.2. The Morgan fingerprint density at radius 2 is 1.77 bits per heavy atom. The number of carbonyl (C=O) groups is 2. The second-order valence-corrected chi connectivity index (χ2v) is 5.91. The summed E-state index contributed by atoms with van der Waals surface area (Å²) in [6, 6.07) is 10.4. The van der Waals surface area contributed by atoms with Crippen LogP contribution in [0, 0.1) is 6.92 Å². The molecule has 0 aliphatic heterocycles. The van der Waals surface area contributed by atoms with Crippen molar-refractivity contribution in [2.24, 2.45) is 0 Å². The Balaban J connectivity index is 1.91. The minimum Gasteiger partial charge on any atom is -0.496 e. The number of methoxy groups -OCH3 is 2. The Labute approximate surface area is 152 Å². The Kier molecular flexibility index (Phi) is 6.60. The van der Waals surface area contributed by atoms with Gasteiger partial charge in [-0.15, -0.1) is 0 Å². The summed E-state index contributed by atoms with van der Waals surface area (Å²) in [7, 11) is 3.10. The average Bonchev–Trinajstić information content (AvgIpc) is 2.63. The summed E-state index contributed by atoms with van der Waals surface area (Å²) < 4.78 is 10.5. The predicted molar refractivity (Wildman–Crippen MR) is 98.1 cm³/mol. The zero-order chi connectivity index (χ0) is 19.1. The molecule has 0 aliphatic carbocycles. The van der Waals surface area contributed by atoms with E-state index in [1.54, 1.807) is 13.2 Å². The molecular weight excluding hydrogens is 334 g/mol. The third-order valence-electron chi connectivity index (χ3n) is 4.09. The lowest BCUT2D eigenvalue weighted by molar-refractivity contribution is -0.120. The van der Waals surface area contributed by atoms with Crippen LogP contribution in [0.4, 0.5) is 0 Å². The summed E-state index contributed by atoms with van der Waals surface area (Å²) in [4.78, 5) is 23.1. The Morgan fingerprint density at radius 1 is 1.04 bits per heavy atom. The molecule has 6 nitrogen and oxygen atoms in total. The first kappa shape index (κ1) is 19.3. The molecule has 1 amide bonds. The molecule has 2 N–H and O–H groups in total. The molecule has 6 heteroatoms. The van der Waals surface area contributed by atoms with Gasteiger partial charge in [-0.05, 0) is 48.2 Å². The minimum atomic E-state index is -1.00. The summed E-state index contributed by atoms with van der Waals surface area (Å²) in [6.45, 7) is 2.39. The predicted octanol–water partition coefficient (Wildman–Crippen LogP) is 2.61. The number of aryl methyl sites for hydroxylation is 1. The molecule has 2 aromatic carbocycles. The van der Waals surface area contributed by atoms with Crippen LogP contribution in [0.2, 0.25) is 0 Å². The number of carboxylic acid groups (broad SMARTS) is 1. The zero-order valence-corrected chi connectivity index (χ0v) is 15.2. The normalized spacial score (nSPS) is 10.3. The highest BCUT2D eigenvalue weighted by Gasteiger charge is 2.10. The van der Waals surface area contributed by atoms with E-state index < -0.39 is 5.97 Å². The maximum atomic E-state index is 12.1. The fourth-order valence-electron chi connectivity index (χ4n) is 2.64. The van der Waals surface area contributed by atoms with Gasteiger partial charge >= 0.3 is 5.97 Å². The van der Waals surface area contributed by atoms with Crippen molar-refractivity contribution >= 4 is 11.9 Å². The summed E-state index contributed by atoms with van der Waals surface area (Å²) in [5.41, 5.74) is 2.92. The quantitative estimate of drug-likeness (QED) is 0.759. The smallest absolute Gasteiger partial charge is 0.335 e. The monoisotopic (exact) mass is 357 g/mol. The van der Waals surface area contributed by atoms with E-state index in [0.29, 0.717) is 18.7 Å². The summed E-state index contributed by atoms with van der Waals surface area (Å²) in [5, 5.41) is 11.9. The number of nitrogens with one attached hydrogen (secondary N) is 1. The van der Waals surface area contributed by atoms with Gasteiger partial charge in [0.2, 0.25) is 5.91 Å². The van der Waals surface area contributed by atoms with Gasteiger partial charge in [-0.25, -0.2) is 4.79 Å². The standard InChI is InChI=1S/C20H23NO5/c1-13-4-5-14(10-17(13)25-2)11-19(22)21-9-8-15-6-7-16(20(23)24)12-18(15)26-3/h4-7,10,12H,8-9,11H2,1-3H3,(H,21,22)(H,23,24). The maximum absolute atomic E-state index is 12.1. The van der Waals surface area contributed by atoms with Crippen molar-refractivity contribution in [2.45, 2.75) is 19.8 Å². The molecule has 26 heavy (non-hydrogen) atoms. The molecule has 0 unspecified atom stereocenters. The number of ether oxygens (including phenoxy) is 2. The first-order chi connectivity index (χ1) is 12.4. The number of aromatic carboxylic acids is 1. The number of amides is 1. The Hall–Kier alpha value is -3.02. The summed E-state index contributed by atoms with van der Waals surface area (Å²) in [5.74, 6) is 0.176. The number of rotatable bonds is 8. The first-order valence-electron chi connectivity index (χ1n) is 8.25. The van der Waals surface area contributed by atoms with Gasteiger partial charge in [0.25, 0.3) is 0 Å². The van der Waals surface area contributed by atoms with Gasteiger partial charge in [-0.1, -0.05) is 18.2 Å². The molecule has 138 valence electrons. The third kappa shape index (κ3) is 4.99. The molecule has 0 spiro atoms. The van der Waals surface area contributed by atoms with Crippen LogP contribution in [-0.2, 0) is 17.6 Å².